The summed E-state index contributed by atoms with van der Waals surface area (Å²) in [6.45, 7) is 0. The van der Waals surface area contributed by atoms with Crippen molar-refractivity contribution in [2.75, 3.05) is 0 Å². The third-order valence-electron chi connectivity index (χ3n) is 1.94. The molecule has 0 N–H and O–H groups in total. The Bertz CT molecular complexity index is 448. The predicted molar refractivity (Wildman–Crippen MR) is 74.9 cm³/mol. The molecule has 0 atom stereocenters. The predicted octanol–water partition coefficient (Wildman–Crippen LogP) is 5.32. The van der Waals surface area contributed by atoms with Crippen molar-refractivity contribution in [3.63, 3.8) is 0 Å². The van der Waals surface area contributed by atoms with Crippen molar-refractivity contribution in [3.8, 4) is 0 Å². The summed E-state index contributed by atoms with van der Waals surface area (Å²) >= 11 is 12.5. The van der Waals surface area contributed by atoms with Gasteiger partial charge in [-0.3, -0.25) is 0 Å². The third-order valence-corrected chi connectivity index (χ3v) is 4.95. The van der Waals surface area contributed by atoms with Crippen LogP contribution >= 0.6 is 59.1 Å². The van der Waals surface area contributed by atoms with Crippen molar-refractivity contribution < 1.29 is 0 Å². The molecule has 0 saturated heterocycles. The van der Waals surface area contributed by atoms with Crippen molar-refractivity contribution in [3.05, 3.63) is 33.6 Å². The summed E-state index contributed by atoms with van der Waals surface area (Å²) in [4.78, 5) is 1.38. The summed E-state index contributed by atoms with van der Waals surface area (Å²) in [6.07, 6.45) is 1.000. The van der Waals surface area contributed by atoms with Crippen molar-refractivity contribution >= 4 is 69.2 Å². The number of fused-ring (bicyclic) bond motifs is 1. The molecule has 2 aromatic rings. The molecule has 0 radical (unpaired) electrons. The largest absolute Gasteiger partial charge is 0.139 e. The maximum Gasteiger partial charge on any atom is 0.0746 e. The van der Waals surface area contributed by atoms with Crippen molar-refractivity contribution in [1.29, 1.82) is 0 Å². The molecule has 0 saturated carbocycles. The van der Waals surface area contributed by atoms with Crippen LogP contribution in [-0.2, 0) is 6.42 Å². The second-order valence-electron chi connectivity index (χ2n) is 2.93. The number of halogens is 3. The van der Waals surface area contributed by atoms with E-state index < -0.39 is 0 Å². The second-order valence-corrected chi connectivity index (χ2v) is 8.30. The fourth-order valence-corrected chi connectivity index (χ4v) is 4.44. The summed E-state index contributed by atoms with van der Waals surface area (Å²) in [6, 6.07) is 8.46. The van der Waals surface area contributed by atoms with Crippen molar-refractivity contribution in [1.82, 2.24) is 0 Å². The van der Waals surface area contributed by atoms with E-state index in [1.165, 1.54) is 19.4 Å². The van der Waals surface area contributed by atoms with E-state index >= 15 is 0 Å². The Morgan fingerprint density at radius 2 is 1.93 bits per heavy atom. The van der Waals surface area contributed by atoms with Crippen LogP contribution in [0.3, 0.4) is 0 Å². The van der Waals surface area contributed by atoms with E-state index in [-0.39, 0.29) is 0 Å². The van der Waals surface area contributed by atoms with E-state index in [1.54, 1.807) is 0 Å². The number of benzene rings is 1. The summed E-state index contributed by atoms with van der Waals surface area (Å²) in [5.41, 5.74) is 0. The number of hydrogen-bond acceptors (Lipinski definition) is 1. The molecule has 14 heavy (non-hydrogen) atoms. The number of alkyl halides is 2. The quantitative estimate of drug-likeness (QED) is 0.600. The van der Waals surface area contributed by atoms with E-state index in [0.717, 1.165) is 6.42 Å². The highest BCUT2D eigenvalue weighted by atomic mass is 79.9. The molecule has 0 unspecified atom stereocenters. The van der Waals surface area contributed by atoms with Crippen LogP contribution in [0.4, 0.5) is 0 Å². The van der Waals surface area contributed by atoms with Gasteiger partial charge in [0.25, 0.3) is 0 Å². The van der Waals surface area contributed by atoms with E-state index in [4.69, 9.17) is 0 Å². The first-order valence-corrected chi connectivity index (χ1v) is 7.56. The lowest BCUT2D eigenvalue weighted by Crippen LogP contribution is -1.89. The molecule has 0 nitrogen and oxygen atoms in total. The number of thiophene rings is 1. The van der Waals surface area contributed by atoms with Crippen LogP contribution in [0, 0.1) is 0 Å². The van der Waals surface area contributed by atoms with E-state index in [9.17, 15) is 0 Å². The Morgan fingerprint density at radius 3 is 2.57 bits per heavy atom. The number of hydrogen-bond donors (Lipinski definition) is 0. The van der Waals surface area contributed by atoms with Gasteiger partial charge in [-0.05, 0) is 22.0 Å². The zero-order valence-corrected chi connectivity index (χ0v) is 12.7. The summed E-state index contributed by atoms with van der Waals surface area (Å²) < 4.78 is 2.93. The Balaban J connectivity index is 2.51. The molecular formula is C10H7Br3S. The Labute approximate surface area is 112 Å². The molecule has 0 bridgehead atoms. The zero-order valence-electron chi connectivity index (χ0n) is 7.14. The zero-order chi connectivity index (χ0) is 10.1. The van der Waals surface area contributed by atoms with Crippen LogP contribution in [0.15, 0.2) is 28.7 Å². The van der Waals surface area contributed by atoms with Gasteiger partial charge in [0, 0.05) is 25.9 Å². The van der Waals surface area contributed by atoms with Gasteiger partial charge in [-0.15, -0.1) is 11.3 Å². The Morgan fingerprint density at radius 1 is 1.21 bits per heavy atom. The van der Waals surface area contributed by atoms with E-state index in [0.29, 0.717) is 3.74 Å². The van der Waals surface area contributed by atoms with Crippen LogP contribution in [0.25, 0.3) is 10.1 Å². The monoisotopic (exact) mass is 396 g/mol. The molecule has 1 aromatic carbocycles. The standard InChI is InChI=1S/C10H7Br3S/c11-9(12)5-8-10(13)6-3-1-2-4-7(6)14-8/h1-4,9H,5H2. The molecule has 0 aliphatic heterocycles. The maximum atomic E-state index is 3.65. The molecule has 0 aliphatic rings. The van der Waals surface area contributed by atoms with Gasteiger partial charge >= 0.3 is 0 Å². The lowest BCUT2D eigenvalue weighted by molar-refractivity contribution is 1.17. The van der Waals surface area contributed by atoms with Crippen molar-refractivity contribution in [2.24, 2.45) is 0 Å². The molecule has 1 aromatic heterocycles. The molecule has 74 valence electrons. The maximum absolute atomic E-state index is 3.65. The van der Waals surface area contributed by atoms with Gasteiger partial charge in [-0.2, -0.15) is 0 Å². The van der Waals surface area contributed by atoms with Crippen LogP contribution in [-0.4, -0.2) is 3.74 Å². The number of rotatable bonds is 2. The molecule has 2 rings (SSSR count). The van der Waals surface area contributed by atoms with Crippen LogP contribution < -0.4 is 0 Å². The first-order chi connectivity index (χ1) is 6.68. The van der Waals surface area contributed by atoms with Gasteiger partial charge in [0.05, 0.1) is 3.74 Å². The molecular weight excluding hydrogens is 392 g/mol. The molecule has 1 heterocycles. The average Bonchev–Trinajstić information content (AvgIpc) is 2.44. The first-order valence-electron chi connectivity index (χ1n) is 4.12. The van der Waals surface area contributed by atoms with Gasteiger partial charge in [0.2, 0.25) is 0 Å². The molecule has 0 fully saturated rings. The van der Waals surface area contributed by atoms with Crippen LogP contribution in [0.5, 0.6) is 0 Å². The van der Waals surface area contributed by atoms with Crippen LogP contribution in [0.2, 0.25) is 0 Å². The van der Waals surface area contributed by atoms with Gasteiger partial charge in [-0.25, -0.2) is 0 Å². The highest BCUT2D eigenvalue weighted by Gasteiger charge is 2.11. The Kier molecular flexibility index (Phi) is 3.68. The lowest BCUT2D eigenvalue weighted by atomic mass is 10.2. The first kappa shape index (κ1) is 11.1. The normalized spacial score (nSPS) is 11.4. The lowest BCUT2D eigenvalue weighted by Gasteiger charge is -1.98. The second kappa shape index (κ2) is 4.64. The topological polar surface area (TPSA) is 0 Å². The highest BCUT2D eigenvalue weighted by Crippen LogP contribution is 2.37. The van der Waals surface area contributed by atoms with Crippen molar-refractivity contribution in [2.45, 2.75) is 10.2 Å². The Hall–Kier alpha value is 0.620. The SMILES string of the molecule is Brc1c(CC(Br)Br)sc2ccccc12. The minimum atomic E-state index is 0.347. The van der Waals surface area contributed by atoms with E-state index in [1.807, 2.05) is 11.3 Å². The minimum Gasteiger partial charge on any atom is -0.139 e. The van der Waals surface area contributed by atoms with Gasteiger partial charge < -0.3 is 0 Å². The molecule has 0 spiro atoms. The summed E-state index contributed by atoms with van der Waals surface area (Å²) in [5.74, 6) is 0. The summed E-state index contributed by atoms with van der Waals surface area (Å²) in [7, 11) is 0. The summed E-state index contributed by atoms with van der Waals surface area (Å²) in [5, 5.41) is 1.31. The fraction of sp³-hybridized carbons (Fsp3) is 0.200. The average molecular weight is 399 g/mol. The minimum absolute atomic E-state index is 0.347. The smallest absolute Gasteiger partial charge is 0.0746 e. The molecule has 0 aliphatic carbocycles. The highest BCUT2D eigenvalue weighted by molar-refractivity contribution is 9.24. The van der Waals surface area contributed by atoms with E-state index in [2.05, 4.69) is 72.1 Å². The van der Waals surface area contributed by atoms with Gasteiger partial charge in [0.1, 0.15) is 0 Å². The van der Waals surface area contributed by atoms with Gasteiger partial charge in [-0.1, -0.05) is 50.1 Å². The third kappa shape index (κ3) is 2.23. The van der Waals surface area contributed by atoms with Crippen LogP contribution in [0.1, 0.15) is 4.88 Å². The fourth-order valence-electron chi connectivity index (χ4n) is 1.34. The molecule has 4 heteroatoms. The van der Waals surface area contributed by atoms with Gasteiger partial charge in [0.15, 0.2) is 0 Å². The molecule has 0 amide bonds.